The Morgan fingerprint density at radius 3 is 2.18 bits per heavy atom. The van der Waals surface area contributed by atoms with E-state index in [1.165, 1.54) is 44.7 Å². The second kappa shape index (κ2) is 8.89. The van der Waals surface area contributed by atoms with Crippen LogP contribution >= 0.6 is 12.4 Å². The van der Waals surface area contributed by atoms with E-state index in [-0.39, 0.29) is 12.4 Å². The molecular formula is C29H32ClN3. The zero-order valence-corrected chi connectivity index (χ0v) is 20.3. The summed E-state index contributed by atoms with van der Waals surface area (Å²) in [4.78, 5) is 5.20. The van der Waals surface area contributed by atoms with E-state index in [0.29, 0.717) is 6.04 Å². The van der Waals surface area contributed by atoms with Crippen molar-refractivity contribution in [2.24, 2.45) is 0 Å². The third-order valence-corrected chi connectivity index (χ3v) is 7.66. The van der Waals surface area contributed by atoms with Gasteiger partial charge in [-0.05, 0) is 61.6 Å². The summed E-state index contributed by atoms with van der Waals surface area (Å²) >= 11 is 0. The van der Waals surface area contributed by atoms with Crippen LogP contribution in [-0.4, -0.2) is 35.6 Å². The molecular weight excluding hydrogens is 426 g/mol. The molecule has 3 nitrogen and oxygen atoms in total. The van der Waals surface area contributed by atoms with E-state index in [0.717, 1.165) is 39.0 Å². The highest BCUT2D eigenvalue weighted by Crippen LogP contribution is 2.40. The minimum absolute atomic E-state index is 0. The number of rotatable bonds is 3. The highest BCUT2D eigenvalue weighted by molar-refractivity contribution is 5.91. The molecule has 2 aliphatic rings. The van der Waals surface area contributed by atoms with Gasteiger partial charge in [-0.25, -0.2) is 0 Å². The molecule has 3 heterocycles. The number of halogens is 1. The summed E-state index contributed by atoms with van der Waals surface area (Å²) in [5.74, 6) is 0. The number of para-hydroxylation sites is 3. The van der Waals surface area contributed by atoms with Gasteiger partial charge in [-0.1, -0.05) is 54.6 Å². The van der Waals surface area contributed by atoms with Gasteiger partial charge in [0.05, 0.1) is 5.52 Å². The van der Waals surface area contributed by atoms with Crippen molar-refractivity contribution < 1.29 is 0 Å². The smallest absolute Gasteiger partial charge is 0.0567 e. The molecule has 1 saturated heterocycles. The highest BCUT2D eigenvalue weighted by atomic mass is 35.5. The maximum atomic E-state index is 2.68. The van der Waals surface area contributed by atoms with Crippen LogP contribution < -0.4 is 4.90 Å². The minimum atomic E-state index is 0. The molecule has 1 fully saturated rings. The van der Waals surface area contributed by atoms with Gasteiger partial charge in [-0.2, -0.15) is 0 Å². The predicted molar refractivity (Wildman–Crippen MR) is 141 cm³/mol. The van der Waals surface area contributed by atoms with Crippen LogP contribution in [0.2, 0.25) is 0 Å². The van der Waals surface area contributed by atoms with Crippen molar-refractivity contribution in [3.63, 3.8) is 0 Å². The second-order valence-corrected chi connectivity index (χ2v) is 9.31. The van der Waals surface area contributed by atoms with Crippen LogP contribution in [0.3, 0.4) is 0 Å². The van der Waals surface area contributed by atoms with Crippen LogP contribution in [0.15, 0.2) is 72.8 Å². The molecule has 0 aliphatic carbocycles. The lowest BCUT2D eigenvalue weighted by Crippen LogP contribution is -2.47. The van der Waals surface area contributed by atoms with Crippen molar-refractivity contribution in [3.8, 4) is 5.69 Å². The molecule has 4 heteroatoms. The van der Waals surface area contributed by atoms with E-state index in [1.807, 2.05) is 0 Å². The molecule has 0 amide bonds. The van der Waals surface area contributed by atoms with Gasteiger partial charge in [0.25, 0.3) is 0 Å². The number of hydrogen-bond acceptors (Lipinski definition) is 2. The number of anilines is 1. The average Bonchev–Trinajstić information content (AvgIpc) is 3.03. The van der Waals surface area contributed by atoms with Crippen molar-refractivity contribution in [2.45, 2.75) is 32.7 Å². The minimum Gasteiger partial charge on any atom is -0.369 e. The first kappa shape index (κ1) is 22.1. The molecule has 1 atom stereocenters. The fraction of sp³-hybridized carbons (Fsp3) is 0.310. The first-order valence-electron chi connectivity index (χ1n) is 12.0. The normalized spacial score (nSPS) is 16.7. The topological polar surface area (TPSA) is 11.4 Å². The van der Waals surface area contributed by atoms with Gasteiger partial charge in [0, 0.05) is 54.7 Å². The maximum Gasteiger partial charge on any atom is 0.0567 e. The number of hydrogen-bond donors (Lipinski definition) is 0. The summed E-state index contributed by atoms with van der Waals surface area (Å²) in [6.07, 6.45) is 2.23. The Morgan fingerprint density at radius 1 is 0.727 bits per heavy atom. The van der Waals surface area contributed by atoms with E-state index < -0.39 is 0 Å². The summed E-state index contributed by atoms with van der Waals surface area (Å²) in [5, 5.41) is 1.44. The zero-order valence-electron chi connectivity index (χ0n) is 19.5. The van der Waals surface area contributed by atoms with Gasteiger partial charge in [0.2, 0.25) is 0 Å². The van der Waals surface area contributed by atoms with Gasteiger partial charge < -0.3 is 9.47 Å². The quantitative estimate of drug-likeness (QED) is 0.355. The van der Waals surface area contributed by atoms with E-state index in [2.05, 4.69) is 101 Å². The summed E-state index contributed by atoms with van der Waals surface area (Å²) in [5.41, 5.74) is 9.99. The third-order valence-electron chi connectivity index (χ3n) is 7.66. The molecule has 170 valence electrons. The maximum absolute atomic E-state index is 2.68. The van der Waals surface area contributed by atoms with E-state index >= 15 is 0 Å². The Kier molecular flexibility index (Phi) is 5.94. The Labute approximate surface area is 203 Å². The molecule has 2 aliphatic heterocycles. The molecule has 0 N–H and O–H groups in total. The van der Waals surface area contributed by atoms with Gasteiger partial charge in [0.15, 0.2) is 0 Å². The fourth-order valence-corrected chi connectivity index (χ4v) is 5.98. The number of benzene rings is 3. The fourth-order valence-electron chi connectivity index (χ4n) is 5.98. The van der Waals surface area contributed by atoms with Crippen LogP contribution in [0, 0.1) is 6.92 Å². The van der Waals surface area contributed by atoms with Crippen LogP contribution in [0.25, 0.3) is 16.6 Å². The van der Waals surface area contributed by atoms with Crippen LogP contribution in [0.1, 0.15) is 35.3 Å². The summed E-state index contributed by atoms with van der Waals surface area (Å²) in [7, 11) is 0. The number of nitrogens with zero attached hydrogens (tertiary/aromatic N) is 3. The van der Waals surface area contributed by atoms with E-state index in [4.69, 9.17) is 0 Å². The first-order valence-corrected chi connectivity index (χ1v) is 12.0. The lowest BCUT2D eigenvalue weighted by atomic mass is 9.98. The van der Waals surface area contributed by atoms with Gasteiger partial charge in [-0.15, -0.1) is 12.4 Å². The molecule has 4 aromatic rings. The SMILES string of the molecule is Cc1c(C(C)N2CCN(c3ccccc3)CC2)c2cccc3c2n1-c1ccccc1CC3.Cl. The van der Waals surface area contributed by atoms with Crippen LogP contribution in [0.5, 0.6) is 0 Å². The molecule has 1 unspecified atom stereocenters. The number of aryl methyl sites for hydroxylation is 2. The number of aromatic nitrogens is 1. The van der Waals surface area contributed by atoms with Crippen LogP contribution in [0.4, 0.5) is 5.69 Å². The Balaban J connectivity index is 0.00000228. The standard InChI is InChI=1S/C29H31N3.ClH/c1-21(30-17-19-31(20-18-30)25-11-4-3-5-12-25)28-22(2)32-27-14-7-6-9-23(27)15-16-24-10-8-13-26(28)29(24)32;/h3-14,21H,15-20H2,1-2H3;1H. The molecule has 1 aromatic heterocycles. The highest BCUT2D eigenvalue weighted by Gasteiger charge is 2.29. The van der Waals surface area contributed by atoms with Crippen molar-refractivity contribution in [1.29, 1.82) is 0 Å². The zero-order chi connectivity index (χ0) is 21.7. The van der Waals surface area contributed by atoms with E-state index in [1.54, 1.807) is 0 Å². The van der Waals surface area contributed by atoms with Crippen molar-refractivity contribution in [3.05, 3.63) is 95.2 Å². The van der Waals surface area contributed by atoms with Gasteiger partial charge in [0.1, 0.15) is 0 Å². The average molecular weight is 458 g/mol. The van der Waals surface area contributed by atoms with Gasteiger partial charge in [-0.3, -0.25) is 4.90 Å². The third kappa shape index (κ3) is 3.64. The van der Waals surface area contributed by atoms with Crippen molar-refractivity contribution in [2.75, 3.05) is 31.1 Å². The number of piperazine rings is 1. The molecule has 0 radical (unpaired) electrons. The molecule has 0 saturated carbocycles. The summed E-state index contributed by atoms with van der Waals surface area (Å²) < 4.78 is 2.55. The molecule has 0 bridgehead atoms. The summed E-state index contributed by atoms with van der Waals surface area (Å²) in [6, 6.07) is 27.2. The van der Waals surface area contributed by atoms with Crippen molar-refractivity contribution >= 4 is 29.0 Å². The molecule has 0 spiro atoms. The molecule has 3 aromatic carbocycles. The van der Waals surface area contributed by atoms with Crippen molar-refractivity contribution in [1.82, 2.24) is 9.47 Å². The Bertz CT molecular complexity index is 1270. The molecule has 33 heavy (non-hydrogen) atoms. The Morgan fingerprint density at radius 2 is 1.39 bits per heavy atom. The van der Waals surface area contributed by atoms with E-state index in [9.17, 15) is 0 Å². The first-order chi connectivity index (χ1) is 15.7. The molecule has 6 rings (SSSR count). The number of fused-ring (bicyclic) bond motifs is 2. The summed E-state index contributed by atoms with van der Waals surface area (Å²) in [6.45, 7) is 9.10. The van der Waals surface area contributed by atoms with Gasteiger partial charge >= 0.3 is 0 Å². The predicted octanol–water partition coefficient (Wildman–Crippen LogP) is 6.34. The second-order valence-electron chi connectivity index (χ2n) is 9.31. The largest absolute Gasteiger partial charge is 0.369 e. The monoisotopic (exact) mass is 457 g/mol. The Hall–Kier alpha value is -2.75. The lowest BCUT2D eigenvalue weighted by molar-refractivity contribution is 0.199. The van der Waals surface area contributed by atoms with Crippen LogP contribution in [-0.2, 0) is 12.8 Å². The lowest BCUT2D eigenvalue weighted by Gasteiger charge is -2.39.